The molecule has 0 amide bonds. The Labute approximate surface area is 74.6 Å². The van der Waals surface area contributed by atoms with Crippen molar-refractivity contribution in [1.82, 2.24) is 0 Å². The van der Waals surface area contributed by atoms with Crippen molar-refractivity contribution in [1.29, 1.82) is 5.26 Å². The van der Waals surface area contributed by atoms with Gasteiger partial charge in [-0.05, 0) is 22.0 Å². The van der Waals surface area contributed by atoms with Crippen LogP contribution >= 0.6 is 15.9 Å². The van der Waals surface area contributed by atoms with E-state index in [1.54, 1.807) is 0 Å². The van der Waals surface area contributed by atoms with Gasteiger partial charge in [-0.15, -0.1) is 0 Å². The summed E-state index contributed by atoms with van der Waals surface area (Å²) in [7, 11) is 0. The van der Waals surface area contributed by atoms with Gasteiger partial charge in [-0.3, -0.25) is 0 Å². The van der Waals surface area contributed by atoms with E-state index in [2.05, 4.69) is 15.9 Å². The Kier molecular flexibility index (Phi) is 2.38. The average Bonchev–Trinajstić information content (AvgIpc) is 2.08. The Morgan fingerprint density at radius 1 is 1.25 bits per heavy atom. The molecule has 0 aliphatic heterocycles. The molecule has 1 aromatic rings. The first-order valence-corrected chi connectivity index (χ1v) is 3.60. The molecular formula is C7HBrF3N. The van der Waals surface area contributed by atoms with Gasteiger partial charge in [0.2, 0.25) is 0 Å². The van der Waals surface area contributed by atoms with E-state index in [1.807, 2.05) is 0 Å². The third-order valence-corrected chi connectivity index (χ3v) is 1.95. The summed E-state index contributed by atoms with van der Waals surface area (Å²) in [6.45, 7) is 0. The maximum absolute atomic E-state index is 12.6. The highest BCUT2D eigenvalue weighted by Gasteiger charge is 2.16. The van der Waals surface area contributed by atoms with Gasteiger partial charge in [-0.25, -0.2) is 13.2 Å². The van der Waals surface area contributed by atoms with Crippen molar-refractivity contribution in [2.24, 2.45) is 0 Å². The van der Waals surface area contributed by atoms with Crippen molar-refractivity contribution >= 4 is 15.9 Å². The quantitative estimate of drug-likeness (QED) is 0.501. The molecule has 0 aliphatic rings. The molecular weight excluding hydrogens is 235 g/mol. The molecule has 0 spiro atoms. The number of halogens is 4. The molecule has 0 heterocycles. The van der Waals surface area contributed by atoms with Crippen molar-refractivity contribution in [2.75, 3.05) is 0 Å². The first kappa shape index (κ1) is 9.07. The summed E-state index contributed by atoms with van der Waals surface area (Å²) in [5.41, 5.74) is -0.645. The lowest BCUT2D eigenvalue weighted by molar-refractivity contribution is 0.485. The summed E-state index contributed by atoms with van der Waals surface area (Å²) < 4.78 is 37.3. The van der Waals surface area contributed by atoms with Crippen LogP contribution in [0.5, 0.6) is 0 Å². The summed E-state index contributed by atoms with van der Waals surface area (Å²) >= 11 is 2.49. The number of benzene rings is 1. The second-order valence-electron chi connectivity index (χ2n) is 1.96. The minimum absolute atomic E-state index is 0.598. The SMILES string of the molecule is N#Cc1cc(F)c(Br)c(F)c1F. The zero-order chi connectivity index (χ0) is 9.30. The molecule has 1 rings (SSSR count). The van der Waals surface area contributed by atoms with Crippen molar-refractivity contribution in [3.8, 4) is 6.07 Å². The van der Waals surface area contributed by atoms with Gasteiger partial charge in [0.15, 0.2) is 11.6 Å². The summed E-state index contributed by atoms with van der Waals surface area (Å²) in [5, 5.41) is 8.22. The van der Waals surface area contributed by atoms with E-state index in [0.29, 0.717) is 6.07 Å². The number of nitriles is 1. The largest absolute Gasteiger partial charge is 0.206 e. The van der Waals surface area contributed by atoms with E-state index in [0.717, 1.165) is 0 Å². The Bertz CT molecular complexity index is 370. The van der Waals surface area contributed by atoms with Crippen LogP contribution in [0.3, 0.4) is 0 Å². The molecule has 0 radical (unpaired) electrons. The molecule has 0 N–H and O–H groups in total. The smallest absolute Gasteiger partial charge is 0.177 e. The van der Waals surface area contributed by atoms with Crippen molar-refractivity contribution in [3.05, 3.63) is 33.6 Å². The van der Waals surface area contributed by atoms with Crippen LogP contribution in [0.15, 0.2) is 10.5 Å². The fourth-order valence-electron chi connectivity index (χ4n) is 0.654. The summed E-state index contributed by atoms with van der Waals surface area (Å²) in [5.74, 6) is -3.72. The van der Waals surface area contributed by atoms with Crippen LogP contribution < -0.4 is 0 Å². The number of hydrogen-bond acceptors (Lipinski definition) is 1. The Balaban J connectivity index is 3.52. The first-order valence-electron chi connectivity index (χ1n) is 2.81. The fourth-order valence-corrected chi connectivity index (χ4v) is 0.943. The van der Waals surface area contributed by atoms with Gasteiger partial charge >= 0.3 is 0 Å². The lowest BCUT2D eigenvalue weighted by Gasteiger charge is -1.98. The topological polar surface area (TPSA) is 23.8 Å². The summed E-state index contributed by atoms with van der Waals surface area (Å²) in [4.78, 5) is 0. The summed E-state index contributed by atoms with van der Waals surface area (Å²) in [6.07, 6.45) is 0. The van der Waals surface area contributed by atoms with Crippen LogP contribution in [-0.2, 0) is 0 Å². The number of rotatable bonds is 0. The second-order valence-corrected chi connectivity index (χ2v) is 2.75. The normalized spacial score (nSPS) is 9.58. The van der Waals surface area contributed by atoms with E-state index >= 15 is 0 Å². The van der Waals surface area contributed by atoms with Gasteiger partial charge in [0, 0.05) is 0 Å². The molecule has 0 aromatic heterocycles. The molecule has 1 nitrogen and oxygen atoms in total. The van der Waals surface area contributed by atoms with E-state index in [-0.39, 0.29) is 0 Å². The summed E-state index contributed by atoms with van der Waals surface area (Å²) in [6, 6.07) is 1.96. The van der Waals surface area contributed by atoms with Gasteiger partial charge in [-0.1, -0.05) is 0 Å². The average molecular weight is 236 g/mol. The molecule has 62 valence electrons. The number of nitrogens with zero attached hydrogens (tertiary/aromatic N) is 1. The molecule has 0 aliphatic carbocycles. The predicted molar refractivity (Wildman–Crippen MR) is 38.7 cm³/mol. The monoisotopic (exact) mass is 235 g/mol. The second kappa shape index (κ2) is 3.15. The van der Waals surface area contributed by atoms with Gasteiger partial charge in [0.25, 0.3) is 0 Å². The highest BCUT2D eigenvalue weighted by atomic mass is 79.9. The fraction of sp³-hybridized carbons (Fsp3) is 0. The zero-order valence-corrected chi connectivity index (χ0v) is 7.12. The van der Waals surface area contributed by atoms with Crippen LogP contribution in [0.25, 0.3) is 0 Å². The third-order valence-electron chi connectivity index (χ3n) is 1.22. The van der Waals surface area contributed by atoms with Crippen LogP contribution in [0.2, 0.25) is 0 Å². The van der Waals surface area contributed by atoms with Gasteiger partial charge in [0.05, 0.1) is 10.0 Å². The Morgan fingerprint density at radius 3 is 2.33 bits per heavy atom. The van der Waals surface area contributed by atoms with Crippen LogP contribution in [-0.4, -0.2) is 0 Å². The highest BCUT2D eigenvalue weighted by molar-refractivity contribution is 9.10. The van der Waals surface area contributed by atoms with Crippen molar-refractivity contribution in [3.63, 3.8) is 0 Å². The molecule has 5 heteroatoms. The molecule has 0 saturated heterocycles. The van der Waals surface area contributed by atoms with Crippen molar-refractivity contribution in [2.45, 2.75) is 0 Å². The number of hydrogen-bond donors (Lipinski definition) is 0. The van der Waals surface area contributed by atoms with E-state index < -0.39 is 27.5 Å². The van der Waals surface area contributed by atoms with Crippen LogP contribution in [0.1, 0.15) is 5.56 Å². The molecule has 12 heavy (non-hydrogen) atoms. The van der Waals surface area contributed by atoms with Gasteiger partial charge in [0.1, 0.15) is 11.9 Å². The molecule has 0 atom stereocenters. The van der Waals surface area contributed by atoms with Crippen LogP contribution in [0.4, 0.5) is 13.2 Å². The molecule has 0 saturated carbocycles. The minimum Gasteiger partial charge on any atom is -0.206 e. The van der Waals surface area contributed by atoms with E-state index in [4.69, 9.17) is 5.26 Å². The van der Waals surface area contributed by atoms with E-state index in [1.165, 1.54) is 6.07 Å². The molecule has 1 aromatic carbocycles. The minimum atomic E-state index is -1.38. The predicted octanol–water partition coefficient (Wildman–Crippen LogP) is 2.74. The molecule has 0 bridgehead atoms. The zero-order valence-electron chi connectivity index (χ0n) is 5.54. The first-order chi connectivity index (χ1) is 5.57. The maximum Gasteiger partial charge on any atom is 0.177 e. The molecule has 0 fully saturated rings. The third kappa shape index (κ3) is 1.30. The van der Waals surface area contributed by atoms with Crippen molar-refractivity contribution < 1.29 is 13.2 Å². The Hall–Kier alpha value is -1.02. The van der Waals surface area contributed by atoms with Crippen LogP contribution in [0, 0.1) is 28.8 Å². The molecule has 0 unspecified atom stereocenters. The maximum atomic E-state index is 12.6. The lowest BCUT2D eigenvalue weighted by Crippen LogP contribution is -1.94. The van der Waals surface area contributed by atoms with Gasteiger partial charge in [-0.2, -0.15) is 5.26 Å². The highest BCUT2D eigenvalue weighted by Crippen LogP contribution is 2.24. The van der Waals surface area contributed by atoms with Gasteiger partial charge < -0.3 is 0 Å². The lowest BCUT2D eigenvalue weighted by atomic mass is 10.2. The standard InChI is InChI=1S/C7HBrF3N/c8-5-4(9)1-3(2-12)6(10)7(5)11/h1H. The van der Waals surface area contributed by atoms with E-state index in [9.17, 15) is 13.2 Å². The Morgan fingerprint density at radius 2 is 1.83 bits per heavy atom.